The van der Waals surface area contributed by atoms with Crippen LogP contribution in [0.25, 0.3) is 0 Å². The van der Waals surface area contributed by atoms with Gasteiger partial charge in [-0.05, 0) is 86.0 Å². The molecule has 23 heavy (non-hydrogen) atoms. The van der Waals surface area contributed by atoms with E-state index < -0.39 is 0 Å². The van der Waals surface area contributed by atoms with Crippen molar-refractivity contribution < 1.29 is 4.79 Å². The van der Waals surface area contributed by atoms with Crippen molar-refractivity contribution in [2.75, 3.05) is 5.32 Å². The zero-order valence-electron chi connectivity index (χ0n) is 13.3. The zero-order chi connectivity index (χ0) is 15.9. The monoisotopic (exact) mass is 329 g/mol. The molecule has 1 heterocycles. The van der Waals surface area contributed by atoms with E-state index in [0.29, 0.717) is 11.5 Å². The molecule has 1 amide bonds. The molecule has 2 N–H and O–H groups in total. The predicted molar refractivity (Wildman–Crippen MR) is 93.8 cm³/mol. The van der Waals surface area contributed by atoms with Gasteiger partial charge in [-0.1, -0.05) is 0 Å². The number of pyridine rings is 1. The number of carbonyl (C=O) groups excluding carboxylic acids is 1. The molecule has 122 valence electrons. The Hall–Kier alpha value is -1.49. The van der Waals surface area contributed by atoms with Crippen LogP contribution in [0.5, 0.6) is 0 Å². The lowest BCUT2D eigenvalue weighted by atomic mass is 9.49. The first-order valence-corrected chi connectivity index (χ1v) is 9.02. The standard InChI is InChI=1S/C18H23N3OS/c22-16(21-17(23)20-15-2-1-3-19-11-15)10-18-7-12-4-13(8-18)6-14(5-12)9-18/h1-3,11-14H,4-10H2,(H2,20,21,22,23). The molecule has 4 saturated carbocycles. The first kappa shape index (κ1) is 15.1. The summed E-state index contributed by atoms with van der Waals surface area (Å²) in [4.78, 5) is 16.5. The summed E-state index contributed by atoms with van der Waals surface area (Å²) in [5.41, 5.74) is 1.05. The van der Waals surface area contributed by atoms with Crippen LogP contribution < -0.4 is 10.6 Å². The molecule has 5 heteroatoms. The van der Waals surface area contributed by atoms with E-state index in [0.717, 1.165) is 23.4 Å². The number of nitrogens with zero attached hydrogens (tertiary/aromatic N) is 1. The lowest BCUT2D eigenvalue weighted by Crippen LogP contribution is -2.48. The number of hydrogen-bond acceptors (Lipinski definition) is 3. The summed E-state index contributed by atoms with van der Waals surface area (Å²) < 4.78 is 0. The highest BCUT2D eigenvalue weighted by molar-refractivity contribution is 7.80. The Labute approximate surface area is 142 Å². The van der Waals surface area contributed by atoms with Gasteiger partial charge < -0.3 is 10.6 Å². The summed E-state index contributed by atoms with van der Waals surface area (Å²) >= 11 is 5.25. The fraction of sp³-hybridized carbons (Fsp3) is 0.611. The molecule has 4 nitrogen and oxygen atoms in total. The van der Waals surface area contributed by atoms with Crippen LogP contribution in [-0.2, 0) is 4.79 Å². The van der Waals surface area contributed by atoms with Crippen LogP contribution in [0.15, 0.2) is 24.5 Å². The summed E-state index contributed by atoms with van der Waals surface area (Å²) in [6.07, 6.45) is 12.0. The lowest BCUT2D eigenvalue weighted by Gasteiger charge is -2.56. The summed E-state index contributed by atoms with van der Waals surface area (Å²) in [6.45, 7) is 0. The molecule has 0 aliphatic heterocycles. The predicted octanol–water partition coefficient (Wildman–Crippen LogP) is 3.50. The van der Waals surface area contributed by atoms with Crippen LogP contribution in [-0.4, -0.2) is 16.0 Å². The number of carbonyl (C=O) groups is 1. The summed E-state index contributed by atoms with van der Waals surface area (Å²) in [7, 11) is 0. The van der Waals surface area contributed by atoms with Gasteiger partial charge in [-0.25, -0.2) is 0 Å². The second-order valence-corrected chi connectivity index (χ2v) is 8.25. The van der Waals surface area contributed by atoms with Crippen LogP contribution in [0.3, 0.4) is 0 Å². The minimum atomic E-state index is 0.0633. The second kappa shape index (κ2) is 5.86. The van der Waals surface area contributed by atoms with Gasteiger partial charge in [0.15, 0.2) is 5.11 Å². The molecule has 0 radical (unpaired) electrons. The lowest BCUT2D eigenvalue weighted by molar-refractivity contribution is -0.127. The highest BCUT2D eigenvalue weighted by Gasteiger charge is 2.51. The van der Waals surface area contributed by atoms with Gasteiger partial charge in [-0.15, -0.1) is 0 Å². The third-order valence-corrected chi connectivity index (χ3v) is 6.08. The van der Waals surface area contributed by atoms with Crippen LogP contribution in [0, 0.1) is 23.2 Å². The molecule has 4 fully saturated rings. The molecule has 5 rings (SSSR count). The van der Waals surface area contributed by atoms with E-state index in [2.05, 4.69) is 15.6 Å². The Balaban J connectivity index is 1.34. The number of amides is 1. The molecule has 1 aromatic heterocycles. The Bertz CT molecular complexity index is 581. The minimum Gasteiger partial charge on any atom is -0.331 e. The summed E-state index contributed by atoms with van der Waals surface area (Å²) in [6, 6.07) is 3.72. The van der Waals surface area contributed by atoms with E-state index in [1.165, 1.54) is 38.5 Å². The van der Waals surface area contributed by atoms with E-state index in [1.807, 2.05) is 12.1 Å². The van der Waals surface area contributed by atoms with Crippen molar-refractivity contribution in [1.29, 1.82) is 0 Å². The highest BCUT2D eigenvalue weighted by Crippen LogP contribution is 2.61. The maximum Gasteiger partial charge on any atom is 0.226 e. The Morgan fingerprint density at radius 1 is 1.22 bits per heavy atom. The molecule has 4 bridgehead atoms. The Morgan fingerprint density at radius 3 is 2.43 bits per heavy atom. The summed E-state index contributed by atoms with van der Waals surface area (Å²) in [5.74, 6) is 2.67. The highest BCUT2D eigenvalue weighted by atomic mass is 32.1. The number of hydrogen-bond donors (Lipinski definition) is 2. The number of rotatable bonds is 3. The van der Waals surface area contributed by atoms with E-state index >= 15 is 0 Å². The first-order chi connectivity index (χ1) is 11.1. The van der Waals surface area contributed by atoms with Crippen molar-refractivity contribution in [1.82, 2.24) is 10.3 Å². The number of anilines is 1. The average Bonchev–Trinajstić information content (AvgIpc) is 2.45. The van der Waals surface area contributed by atoms with Crippen LogP contribution in [0.2, 0.25) is 0 Å². The van der Waals surface area contributed by atoms with Gasteiger partial charge in [0.1, 0.15) is 0 Å². The molecule has 0 saturated heterocycles. The van der Waals surface area contributed by atoms with Gasteiger partial charge in [-0.3, -0.25) is 9.78 Å². The van der Waals surface area contributed by atoms with Crippen LogP contribution >= 0.6 is 12.2 Å². The Morgan fingerprint density at radius 2 is 1.87 bits per heavy atom. The second-order valence-electron chi connectivity index (χ2n) is 7.84. The average molecular weight is 329 g/mol. The molecule has 4 aliphatic rings. The molecular formula is C18H23N3OS. The molecule has 0 unspecified atom stereocenters. The SMILES string of the molecule is O=C(CC12CC3CC(CC(C3)C1)C2)NC(=S)Nc1cccnc1. The van der Waals surface area contributed by atoms with Crippen molar-refractivity contribution in [2.24, 2.45) is 23.2 Å². The fourth-order valence-electron chi connectivity index (χ4n) is 5.62. The maximum atomic E-state index is 12.5. The molecule has 0 atom stereocenters. The molecule has 0 aromatic carbocycles. The quantitative estimate of drug-likeness (QED) is 0.834. The van der Waals surface area contributed by atoms with E-state index in [4.69, 9.17) is 12.2 Å². The third kappa shape index (κ3) is 3.25. The third-order valence-electron chi connectivity index (χ3n) is 5.87. The normalized spacial score (nSPS) is 34.2. The largest absolute Gasteiger partial charge is 0.331 e. The first-order valence-electron chi connectivity index (χ1n) is 8.61. The van der Waals surface area contributed by atoms with Crippen molar-refractivity contribution in [3.05, 3.63) is 24.5 Å². The van der Waals surface area contributed by atoms with Crippen molar-refractivity contribution in [2.45, 2.75) is 44.9 Å². The summed E-state index contributed by atoms with van der Waals surface area (Å²) in [5, 5.41) is 6.24. The van der Waals surface area contributed by atoms with Gasteiger partial charge in [-0.2, -0.15) is 0 Å². The smallest absolute Gasteiger partial charge is 0.226 e. The fourth-order valence-corrected chi connectivity index (χ4v) is 5.85. The van der Waals surface area contributed by atoms with Gasteiger partial charge in [0.2, 0.25) is 5.91 Å². The van der Waals surface area contributed by atoms with E-state index in [1.54, 1.807) is 12.4 Å². The topological polar surface area (TPSA) is 54.0 Å². The van der Waals surface area contributed by atoms with Gasteiger partial charge >= 0.3 is 0 Å². The number of aromatic nitrogens is 1. The van der Waals surface area contributed by atoms with Crippen molar-refractivity contribution in [3.8, 4) is 0 Å². The van der Waals surface area contributed by atoms with Gasteiger partial charge in [0.05, 0.1) is 11.9 Å². The minimum absolute atomic E-state index is 0.0633. The van der Waals surface area contributed by atoms with E-state index in [9.17, 15) is 4.79 Å². The van der Waals surface area contributed by atoms with Crippen molar-refractivity contribution >= 4 is 28.9 Å². The number of nitrogens with one attached hydrogen (secondary N) is 2. The van der Waals surface area contributed by atoms with E-state index in [-0.39, 0.29) is 11.3 Å². The molecule has 4 aliphatic carbocycles. The van der Waals surface area contributed by atoms with Crippen LogP contribution in [0.4, 0.5) is 5.69 Å². The molecular weight excluding hydrogens is 306 g/mol. The number of thiocarbonyl (C=S) groups is 1. The van der Waals surface area contributed by atoms with Gasteiger partial charge in [0.25, 0.3) is 0 Å². The Kier molecular flexibility index (Phi) is 3.84. The zero-order valence-corrected chi connectivity index (χ0v) is 14.1. The molecule has 0 spiro atoms. The van der Waals surface area contributed by atoms with Crippen LogP contribution in [0.1, 0.15) is 44.9 Å². The van der Waals surface area contributed by atoms with Crippen molar-refractivity contribution in [3.63, 3.8) is 0 Å². The molecule has 1 aromatic rings. The van der Waals surface area contributed by atoms with Gasteiger partial charge in [0, 0.05) is 12.6 Å². The maximum absolute atomic E-state index is 12.5.